The summed E-state index contributed by atoms with van der Waals surface area (Å²) < 4.78 is 0. The standard InChI is InChI=1S/C8H9NO2/c10-5-7-2-1-3-8(4-7)9-6-11/h1-4,6,10H,5H2,(H,9,11). The largest absolute Gasteiger partial charge is 0.392 e. The maximum Gasteiger partial charge on any atom is 0.211 e. The molecule has 58 valence electrons. The Morgan fingerprint density at radius 1 is 1.55 bits per heavy atom. The lowest BCUT2D eigenvalue weighted by molar-refractivity contribution is -0.105. The third-order valence-electron chi connectivity index (χ3n) is 1.34. The number of benzene rings is 1. The average Bonchev–Trinajstić information content (AvgIpc) is 2.06. The molecule has 2 N–H and O–H groups in total. The number of amides is 1. The fourth-order valence-corrected chi connectivity index (χ4v) is 0.828. The molecular formula is C8H9NO2. The molecule has 0 bridgehead atoms. The third kappa shape index (κ3) is 2.05. The maximum absolute atomic E-state index is 10.0. The van der Waals surface area contributed by atoms with E-state index in [9.17, 15) is 4.79 Å². The van der Waals surface area contributed by atoms with Gasteiger partial charge in [0, 0.05) is 5.69 Å². The van der Waals surface area contributed by atoms with E-state index < -0.39 is 0 Å². The van der Waals surface area contributed by atoms with Gasteiger partial charge in [-0.25, -0.2) is 0 Å². The lowest BCUT2D eigenvalue weighted by Crippen LogP contribution is -1.94. The summed E-state index contributed by atoms with van der Waals surface area (Å²) in [4.78, 5) is 10.0. The van der Waals surface area contributed by atoms with Crippen LogP contribution in [0.2, 0.25) is 0 Å². The first-order chi connectivity index (χ1) is 5.36. The zero-order valence-electron chi connectivity index (χ0n) is 5.95. The minimum Gasteiger partial charge on any atom is -0.392 e. The number of nitrogens with one attached hydrogen (secondary N) is 1. The van der Waals surface area contributed by atoms with E-state index in [1.807, 2.05) is 0 Å². The molecule has 0 fully saturated rings. The van der Waals surface area contributed by atoms with Gasteiger partial charge in [-0.05, 0) is 17.7 Å². The van der Waals surface area contributed by atoms with Crippen molar-refractivity contribution in [2.75, 3.05) is 5.32 Å². The van der Waals surface area contributed by atoms with E-state index in [1.54, 1.807) is 24.3 Å². The van der Waals surface area contributed by atoms with Crippen LogP contribution < -0.4 is 5.32 Å². The highest BCUT2D eigenvalue weighted by molar-refractivity contribution is 5.71. The minimum absolute atomic E-state index is 0.00558. The van der Waals surface area contributed by atoms with Gasteiger partial charge in [-0.2, -0.15) is 0 Å². The first kappa shape index (κ1) is 7.75. The van der Waals surface area contributed by atoms with Crippen molar-refractivity contribution in [2.45, 2.75) is 6.61 Å². The number of carbonyl (C=O) groups is 1. The predicted octanol–water partition coefficient (Wildman–Crippen LogP) is 0.747. The predicted molar refractivity (Wildman–Crippen MR) is 42.1 cm³/mol. The molecule has 1 aromatic rings. The first-order valence-corrected chi connectivity index (χ1v) is 3.27. The van der Waals surface area contributed by atoms with Gasteiger partial charge >= 0.3 is 0 Å². The highest BCUT2D eigenvalue weighted by Crippen LogP contribution is 2.08. The van der Waals surface area contributed by atoms with Crippen LogP contribution >= 0.6 is 0 Å². The van der Waals surface area contributed by atoms with Gasteiger partial charge in [0.1, 0.15) is 0 Å². The zero-order valence-corrected chi connectivity index (χ0v) is 5.95. The highest BCUT2D eigenvalue weighted by Gasteiger charge is 1.91. The van der Waals surface area contributed by atoms with E-state index in [-0.39, 0.29) is 6.61 Å². The van der Waals surface area contributed by atoms with Crippen molar-refractivity contribution in [1.82, 2.24) is 0 Å². The zero-order chi connectivity index (χ0) is 8.10. The molecule has 0 radical (unpaired) electrons. The number of hydrogen-bond donors (Lipinski definition) is 2. The minimum atomic E-state index is -0.00558. The van der Waals surface area contributed by atoms with Gasteiger partial charge < -0.3 is 10.4 Å². The molecule has 0 aromatic heterocycles. The Bertz CT molecular complexity index is 248. The van der Waals surface area contributed by atoms with Crippen molar-refractivity contribution >= 4 is 12.1 Å². The average molecular weight is 151 g/mol. The summed E-state index contributed by atoms with van der Waals surface area (Å²) in [5.41, 5.74) is 1.49. The quantitative estimate of drug-likeness (QED) is 0.626. The molecule has 1 amide bonds. The Hall–Kier alpha value is -1.35. The molecule has 0 saturated carbocycles. The maximum atomic E-state index is 10.0. The first-order valence-electron chi connectivity index (χ1n) is 3.27. The highest BCUT2D eigenvalue weighted by atomic mass is 16.3. The van der Waals surface area contributed by atoms with E-state index in [4.69, 9.17) is 5.11 Å². The van der Waals surface area contributed by atoms with E-state index in [0.29, 0.717) is 12.1 Å². The second kappa shape index (κ2) is 3.73. The topological polar surface area (TPSA) is 49.3 Å². The number of anilines is 1. The smallest absolute Gasteiger partial charge is 0.211 e. The van der Waals surface area contributed by atoms with Crippen molar-refractivity contribution in [3.8, 4) is 0 Å². The molecular weight excluding hydrogens is 142 g/mol. The van der Waals surface area contributed by atoms with E-state index in [2.05, 4.69) is 5.32 Å². The summed E-state index contributed by atoms with van der Waals surface area (Å²) in [5, 5.41) is 11.2. The van der Waals surface area contributed by atoms with Gasteiger partial charge in [0.15, 0.2) is 0 Å². The van der Waals surface area contributed by atoms with Crippen LogP contribution in [0, 0.1) is 0 Å². The van der Waals surface area contributed by atoms with Crippen LogP contribution in [0.3, 0.4) is 0 Å². The number of hydrogen-bond acceptors (Lipinski definition) is 2. The molecule has 1 aromatic carbocycles. The van der Waals surface area contributed by atoms with E-state index >= 15 is 0 Å². The molecule has 0 atom stereocenters. The molecule has 0 aliphatic heterocycles. The van der Waals surface area contributed by atoms with Gasteiger partial charge in [0.25, 0.3) is 0 Å². The van der Waals surface area contributed by atoms with Crippen LogP contribution in [-0.4, -0.2) is 11.5 Å². The van der Waals surface area contributed by atoms with Crippen LogP contribution in [0.1, 0.15) is 5.56 Å². The summed E-state index contributed by atoms with van der Waals surface area (Å²) in [6, 6.07) is 7.04. The Kier molecular flexibility index (Phi) is 2.63. The molecule has 0 saturated heterocycles. The Morgan fingerprint density at radius 3 is 3.00 bits per heavy atom. The third-order valence-corrected chi connectivity index (χ3v) is 1.34. The number of aliphatic hydroxyl groups is 1. The van der Waals surface area contributed by atoms with Crippen molar-refractivity contribution in [1.29, 1.82) is 0 Å². The molecule has 11 heavy (non-hydrogen) atoms. The Morgan fingerprint density at radius 2 is 2.36 bits per heavy atom. The summed E-state index contributed by atoms with van der Waals surface area (Å²) in [6.45, 7) is -0.00558. The van der Waals surface area contributed by atoms with Crippen molar-refractivity contribution in [3.63, 3.8) is 0 Å². The fraction of sp³-hybridized carbons (Fsp3) is 0.125. The van der Waals surface area contributed by atoms with Gasteiger partial charge in [-0.3, -0.25) is 4.79 Å². The molecule has 3 heteroatoms. The van der Waals surface area contributed by atoms with Crippen molar-refractivity contribution in [3.05, 3.63) is 29.8 Å². The molecule has 0 heterocycles. The molecule has 1 rings (SSSR count). The molecule has 0 spiro atoms. The molecule has 0 aliphatic carbocycles. The summed E-state index contributed by atoms with van der Waals surface area (Å²) >= 11 is 0. The van der Waals surface area contributed by atoms with Crippen LogP contribution in [0.25, 0.3) is 0 Å². The van der Waals surface area contributed by atoms with E-state index in [1.165, 1.54) is 0 Å². The fourth-order valence-electron chi connectivity index (χ4n) is 0.828. The lowest BCUT2D eigenvalue weighted by Gasteiger charge is -1.99. The molecule has 0 unspecified atom stereocenters. The van der Waals surface area contributed by atoms with Crippen molar-refractivity contribution in [2.24, 2.45) is 0 Å². The van der Waals surface area contributed by atoms with E-state index in [0.717, 1.165) is 5.56 Å². The molecule has 3 nitrogen and oxygen atoms in total. The van der Waals surface area contributed by atoms with Gasteiger partial charge in [0.05, 0.1) is 6.61 Å². The molecule has 0 aliphatic rings. The van der Waals surface area contributed by atoms with Gasteiger partial charge in [-0.1, -0.05) is 12.1 Å². The van der Waals surface area contributed by atoms with Crippen LogP contribution in [0.4, 0.5) is 5.69 Å². The number of rotatable bonds is 3. The number of carbonyl (C=O) groups excluding carboxylic acids is 1. The number of aliphatic hydroxyl groups excluding tert-OH is 1. The summed E-state index contributed by atoms with van der Waals surface area (Å²) in [6.07, 6.45) is 0.608. The Labute approximate surface area is 64.7 Å². The van der Waals surface area contributed by atoms with Crippen molar-refractivity contribution < 1.29 is 9.90 Å². The van der Waals surface area contributed by atoms with Crippen LogP contribution in [0.15, 0.2) is 24.3 Å². The lowest BCUT2D eigenvalue weighted by atomic mass is 10.2. The second-order valence-corrected chi connectivity index (χ2v) is 2.12. The van der Waals surface area contributed by atoms with Gasteiger partial charge in [0.2, 0.25) is 6.41 Å². The normalized spacial score (nSPS) is 9.18. The second-order valence-electron chi connectivity index (χ2n) is 2.12. The summed E-state index contributed by atoms with van der Waals surface area (Å²) in [7, 11) is 0. The van der Waals surface area contributed by atoms with Gasteiger partial charge in [-0.15, -0.1) is 0 Å². The monoisotopic (exact) mass is 151 g/mol. The Balaban J connectivity index is 2.82. The van der Waals surface area contributed by atoms with Crippen LogP contribution in [0.5, 0.6) is 0 Å². The van der Waals surface area contributed by atoms with Crippen LogP contribution in [-0.2, 0) is 11.4 Å². The SMILES string of the molecule is O=CNc1cccc(CO)c1. The summed E-state index contributed by atoms with van der Waals surface area (Å²) in [5.74, 6) is 0.